The van der Waals surface area contributed by atoms with Gasteiger partial charge < -0.3 is 15.3 Å². The van der Waals surface area contributed by atoms with Crippen LogP contribution < -0.4 is 5.32 Å². The summed E-state index contributed by atoms with van der Waals surface area (Å²) in [6, 6.07) is 0.873. The van der Waals surface area contributed by atoms with Crippen molar-refractivity contribution in [1.82, 2.24) is 15.1 Å². The van der Waals surface area contributed by atoms with Gasteiger partial charge in [0.05, 0.1) is 6.10 Å². The Morgan fingerprint density at radius 3 is 2.70 bits per heavy atom. The van der Waals surface area contributed by atoms with Crippen LogP contribution in [0, 0.1) is 0 Å². The van der Waals surface area contributed by atoms with E-state index in [4.69, 9.17) is 0 Å². The first-order valence-corrected chi connectivity index (χ1v) is 7.98. The van der Waals surface area contributed by atoms with Crippen LogP contribution in [-0.2, 0) is 0 Å². The van der Waals surface area contributed by atoms with E-state index in [0.29, 0.717) is 12.6 Å². The Morgan fingerprint density at radius 1 is 1.30 bits per heavy atom. The van der Waals surface area contributed by atoms with Crippen LogP contribution in [0.3, 0.4) is 0 Å². The molecular weight excluding hydrogens is 254 g/mol. The molecule has 0 aromatic carbocycles. The summed E-state index contributed by atoms with van der Waals surface area (Å²) in [5.74, 6) is 0. The van der Waals surface area contributed by atoms with Gasteiger partial charge in [0.2, 0.25) is 0 Å². The molecule has 2 N–H and O–H groups in total. The summed E-state index contributed by atoms with van der Waals surface area (Å²) in [5.41, 5.74) is 0. The van der Waals surface area contributed by atoms with Gasteiger partial charge in [0.15, 0.2) is 0 Å². The van der Waals surface area contributed by atoms with Gasteiger partial charge in [0.25, 0.3) is 0 Å². The zero-order chi connectivity index (χ0) is 14.7. The van der Waals surface area contributed by atoms with Gasteiger partial charge in [-0.2, -0.15) is 0 Å². The molecule has 2 heterocycles. The van der Waals surface area contributed by atoms with Crippen LogP contribution in [0.2, 0.25) is 0 Å². The summed E-state index contributed by atoms with van der Waals surface area (Å²) in [6.07, 6.45) is 4.32. The number of piperidine rings is 1. The lowest BCUT2D eigenvalue weighted by atomic mass is 9.99. The van der Waals surface area contributed by atoms with Crippen molar-refractivity contribution < 1.29 is 9.90 Å². The van der Waals surface area contributed by atoms with E-state index < -0.39 is 6.10 Å². The molecule has 2 aliphatic heterocycles. The lowest BCUT2D eigenvalue weighted by Gasteiger charge is -2.34. The second kappa shape index (κ2) is 6.76. The van der Waals surface area contributed by atoms with E-state index in [-0.39, 0.29) is 18.1 Å². The highest BCUT2D eigenvalue weighted by molar-refractivity contribution is 5.75. The molecule has 2 rings (SSSR count). The molecule has 2 amide bonds. The minimum absolute atomic E-state index is 0.0293. The fourth-order valence-electron chi connectivity index (χ4n) is 3.47. The van der Waals surface area contributed by atoms with Gasteiger partial charge in [0, 0.05) is 31.2 Å². The SMILES string of the molecule is CC(O)CN(C(=O)NC1CCN2CCCCC12)C(C)C. The fraction of sp³-hybridized carbons (Fsp3) is 0.933. The normalized spacial score (nSPS) is 28.2. The number of carbonyl (C=O) groups excluding carboxylic acids is 1. The quantitative estimate of drug-likeness (QED) is 0.820. The van der Waals surface area contributed by atoms with Crippen molar-refractivity contribution in [3.63, 3.8) is 0 Å². The van der Waals surface area contributed by atoms with Crippen LogP contribution in [-0.4, -0.2) is 64.8 Å². The molecule has 20 heavy (non-hydrogen) atoms. The number of nitrogens with zero attached hydrogens (tertiary/aromatic N) is 2. The molecule has 0 saturated carbocycles. The van der Waals surface area contributed by atoms with E-state index in [9.17, 15) is 9.90 Å². The summed E-state index contributed by atoms with van der Waals surface area (Å²) >= 11 is 0. The monoisotopic (exact) mass is 283 g/mol. The summed E-state index contributed by atoms with van der Waals surface area (Å²) in [6.45, 7) is 8.38. The van der Waals surface area contributed by atoms with Crippen LogP contribution in [0.25, 0.3) is 0 Å². The number of aliphatic hydroxyl groups is 1. The Balaban J connectivity index is 1.92. The Kier molecular flexibility index (Phi) is 5.27. The maximum absolute atomic E-state index is 12.4. The number of fused-ring (bicyclic) bond motifs is 1. The standard InChI is InChI=1S/C15H29N3O2/c1-11(2)18(10-12(3)19)15(20)16-13-7-9-17-8-5-4-6-14(13)17/h11-14,19H,4-10H2,1-3H3,(H,16,20). The second-order valence-corrected chi connectivity index (χ2v) is 6.54. The summed E-state index contributed by atoms with van der Waals surface area (Å²) in [5, 5.41) is 12.7. The highest BCUT2D eigenvalue weighted by atomic mass is 16.3. The highest BCUT2D eigenvalue weighted by Crippen LogP contribution is 2.27. The number of urea groups is 1. The minimum atomic E-state index is -0.488. The van der Waals surface area contributed by atoms with E-state index in [0.717, 1.165) is 13.0 Å². The van der Waals surface area contributed by atoms with Gasteiger partial charge in [-0.3, -0.25) is 4.90 Å². The Bertz CT molecular complexity index is 333. The van der Waals surface area contributed by atoms with Gasteiger partial charge in [-0.05, 0) is 46.6 Å². The number of aliphatic hydroxyl groups excluding tert-OH is 1. The first-order valence-electron chi connectivity index (χ1n) is 7.98. The molecule has 2 saturated heterocycles. The summed E-state index contributed by atoms with van der Waals surface area (Å²) in [4.78, 5) is 16.7. The van der Waals surface area contributed by atoms with Crippen LogP contribution in [0.1, 0.15) is 46.5 Å². The van der Waals surface area contributed by atoms with Crippen LogP contribution >= 0.6 is 0 Å². The first kappa shape index (κ1) is 15.6. The third kappa shape index (κ3) is 3.64. The summed E-state index contributed by atoms with van der Waals surface area (Å²) < 4.78 is 0. The van der Waals surface area contributed by atoms with Gasteiger partial charge >= 0.3 is 6.03 Å². The van der Waals surface area contributed by atoms with Gasteiger partial charge in [0.1, 0.15) is 0 Å². The third-order valence-electron chi connectivity index (χ3n) is 4.51. The molecule has 2 fully saturated rings. The average molecular weight is 283 g/mol. The highest BCUT2D eigenvalue weighted by Gasteiger charge is 2.37. The molecule has 0 aromatic rings. The number of hydrogen-bond donors (Lipinski definition) is 2. The molecule has 3 unspecified atom stereocenters. The number of amides is 2. The Morgan fingerprint density at radius 2 is 2.05 bits per heavy atom. The smallest absolute Gasteiger partial charge is 0.317 e. The van der Waals surface area contributed by atoms with Crippen molar-refractivity contribution >= 4 is 6.03 Å². The third-order valence-corrected chi connectivity index (χ3v) is 4.51. The predicted octanol–water partition coefficient (Wildman–Crippen LogP) is 1.41. The van der Waals surface area contributed by atoms with Crippen molar-refractivity contribution in [2.24, 2.45) is 0 Å². The molecule has 5 heteroatoms. The van der Waals surface area contributed by atoms with E-state index >= 15 is 0 Å². The maximum Gasteiger partial charge on any atom is 0.317 e. The molecule has 2 aliphatic rings. The summed E-state index contributed by atoms with van der Waals surface area (Å²) in [7, 11) is 0. The second-order valence-electron chi connectivity index (χ2n) is 6.54. The zero-order valence-corrected chi connectivity index (χ0v) is 13.0. The van der Waals surface area contributed by atoms with Crippen molar-refractivity contribution in [1.29, 1.82) is 0 Å². The number of carbonyl (C=O) groups is 1. The Hall–Kier alpha value is -0.810. The lowest BCUT2D eigenvalue weighted by molar-refractivity contribution is 0.114. The molecule has 0 aliphatic carbocycles. The Labute approximate surface area is 122 Å². The molecular formula is C15H29N3O2. The minimum Gasteiger partial charge on any atom is -0.392 e. The van der Waals surface area contributed by atoms with Crippen molar-refractivity contribution in [2.75, 3.05) is 19.6 Å². The predicted molar refractivity (Wildman–Crippen MR) is 79.7 cm³/mol. The van der Waals surface area contributed by atoms with E-state index in [1.54, 1.807) is 11.8 Å². The number of nitrogens with one attached hydrogen (secondary N) is 1. The molecule has 0 aromatic heterocycles. The molecule has 116 valence electrons. The van der Waals surface area contributed by atoms with Crippen LogP contribution in [0.4, 0.5) is 4.79 Å². The van der Waals surface area contributed by atoms with Crippen molar-refractivity contribution in [3.8, 4) is 0 Å². The maximum atomic E-state index is 12.4. The van der Waals surface area contributed by atoms with Gasteiger partial charge in [-0.15, -0.1) is 0 Å². The molecule has 3 atom stereocenters. The van der Waals surface area contributed by atoms with E-state index in [1.165, 1.54) is 25.8 Å². The molecule has 0 bridgehead atoms. The van der Waals surface area contributed by atoms with Gasteiger partial charge in [-0.1, -0.05) is 6.42 Å². The topological polar surface area (TPSA) is 55.8 Å². The average Bonchev–Trinajstić information content (AvgIpc) is 2.79. The van der Waals surface area contributed by atoms with Crippen LogP contribution in [0.5, 0.6) is 0 Å². The first-order chi connectivity index (χ1) is 9.49. The van der Waals surface area contributed by atoms with E-state index in [2.05, 4.69) is 10.2 Å². The van der Waals surface area contributed by atoms with Crippen LogP contribution in [0.15, 0.2) is 0 Å². The van der Waals surface area contributed by atoms with Crippen molar-refractivity contribution in [2.45, 2.75) is 70.7 Å². The fourth-order valence-corrected chi connectivity index (χ4v) is 3.47. The zero-order valence-electron chi connectivity index (χ0n) is 13.0. The molecule has 5 nitrogen and oxygen atoms in total. The molecule has 0 radical (unpaired) electrons. The largest absolute Gasteiger partial charge is 0.392 e. The number of hydrogen-bond acceptors (Lipinski definition) is 3. The van der Waals surface area contributed by atoms with E-state index in [1.807, 2.05) is 13.8 Å². The molecule has 0 spiro atoms. The van der Waals surface area contributed by atoms with Crippen molar-refractivity contribution in [3.05, 3.63) is 0 Å². The van der Waals surface area contributed by atoms with Gasteiger partial charge in [-0.25, -0.2) is 4.79 Å². The number of rotatable bonds is 4. The lowest BCUT2D eigenvalue weighted by Crippen LogP contribution is -2.53.